The quantitative estimate of drug-likeness (QED) is 0.532. The van der Waals surface area contributed by atoms with Gasteiger partial charge in [-0.3, -0.25) is 4.79 Å². The minimum absolute atomic E-state index is 0.112. The van der Waals surface area contributed by atoms with E-state index in [-0.39, 0.29) is 11.7 Å². The van der Waals surface area contributed by atoms with Crippen molar-refractivity contribution in [1.29, 1.82) is 0 Å². The van der Waals surface area contributed by atoms with Crippen LogP contribution in [0.4, 0.5) is 5.69 Å². The van der Waals surface area contributed by atoms with Gasteiger partial charge in [0.05, 0.1) is 5.75 Å². The largest absolute Gasteiger partial charge is 0.411 e. The van der Waals surface area contributed by atoms with Gasteiger partial charge in [0.1, 0.15) is 0 Å². The van der Waals surface area contributed by atoms with Crippen LogP contribution in [0.15, 0.2) is 62.6 Å². The Morgan fingerprint density at radius 2 is 1.96 bits per heavy atom. The number of nitrogens with one attached hydrogen (secondary N) is 1. The first kappa shape index (κ1) is 18.7. The maximum absolute atomic E-state index is 12.2. The van der Waals surface area contributed by atoms with Crippen molar-refractivity contribution in [2.45, 2.75) is 25.0 Å². The van der Waals surface area contributed by atoms with Gasteiger partial charge in [0, 0.05) is 15.7 Å². The number of rotatable bonds is 6. The van der Waals surface area contributed by atoms with E-state index in [4.69, 9.17) is 4.42 Å². The van der Waals surface area contributed by atoms with E-state index < -0.39 is 0 Å². The summed E-state index contributed by atoms with van der Waals surface area (Å²) in [6.45, 7) is 4.24. The lowest BCUT2D eigenvalue weighted by molar-refractivity contribution is -0.113. The second-order valence-electron chi connectivity index (χ2n) is 6.00. The van der Waals surface area contributed by atoms with E-state index in [1.54, 1.807) is 0 Å². The maximum Gasteiger partial charge on any atom is 0.277 e. The highest BCUT2D eigenvalue weighted by Crippen LogP contribution is 2.25. The van der Waals surface area contributed by atoms with Crippen LogP contribution in [-0.4, -0.2) is 21.9 Å². The molecule has 0 aliphatic rings. The zero-order valence-corrected chi connectivity index (χ0v) is 16.8. The molecule has 1 N–H and O–H groups in total. The Labute approximate surface area is 164 Å². The molecule has 3 aromatic rings. The Kier molecular flexibility index (Phi) is 6.11. The van der Waals surface area contributed by atoms with E-state index >= 15 is 0 Å². The van der Waals surface area contributed by atoms with Crippen LogP contribution in [0.3, 0.4) is 0 Å². The number of thioether (sulfide) groups is 1. The van der Waals surface area contributed by atoms with Gasteiger partial charge in [0.2, 0.25) is 11.8 Å². The van der Waals surface area contributed by atoms with Gasteiger partial charge in [-0.2, -0.15) is 0 Å². The molecule has 134 valence electrons. The number of amides is 1. The standard InChI is InChI=1S/C19H18BrN3O2S/c1-12(2)14-4-3-5-16(10-14)21-17(24)11-26-19-23-22-18(25-19)13-6-8-15(20)9-7-13/h3-10,12H,11H2,1-2H3,(H,21,24). The highest BCUT2D eigenvalue weighted by Gasteiger charge is 2.12. The molecule has 0 atom stereocenters. The summed E-state index contributed by atoms with van der Waals surface area (Å²) in [4.78, 5) is 12.2. The van der Waals surface area contributed by atoms with Crippen LogP contribution in [0.5, 0.6) is 0 Å². The second-order valence-corrected chi connectivity index (χ2v) is 7.84. The van der Waals surface area contributed by atoms with Crippen LogP contribution < -0.4 is 5.32 Å². The third kappa shape index (κ3) is 4.95. The van der Waals surface area contributed by atoms with Crippen molar-refractivity contribution in [2.75, 3.05) is 11.1 Å². The molecule has 1 heterocycles. The van der Waals surface area contributed by atoms with Crippen molar-refractivity contribution >= 4 is 39.3 Å². The number of hydrogen-bond donors (Lipinski definition) is 1. The number of anilines is 1. The molecule has 0 bridgehead atoms. The molecule has 1 amide bonds. The van der Waals surface area contributed by atoms with E-state index in [1.165, 1.54) is 17.3 Å². The fourth-order valence-corrected chi connectivity index (χ4v) is 3.10. The zero-order chi connectivity index (χ0) is 18.5. The van der Waals surface area contributed by atoms with Crippen molar-refractivity contribution in [3.05, 3.63) is 58.6 Å². The van der Waals surface area contributed by atoms with Gasteiger partial charge in [-0.1, -0.05) is 53.7 Å². The Hall–Kier alpha value is -2.12. The average molecular weight is 432 g/mol. The number of halogens is 1. The molecule has 1 aromatic heterocycles. The average Bonchev–Trinajstić information content (AvgIpc) is 3.10. The lowest BCUT2D eigenvalue weighted by Gasteiger charge is -2.09. The third-order valence-corrected chi connectivity index (χ3v) is 5.01. The van der Waals surface area contributed by atoms with Crippen LogP contribution >= 0.6 is 27.7 Å². The molecule has 0 unspecified atom stereocenters. The first-order valence-electron chi connectivity index (χ1n) is 8.13. The minimum Gasteiger partial charge on any atom is -0.411 e. The summed E-state index contributed by atoms with van der Waals surface area (Å²) in [6.07, 6.45) is 0. The van der Waals surface area contributed by atoms with E-state index in [0.717, 1.165) is 15.7 Å². The van der Waals surface area contributed by atoms with Gasteiger partial charge < -0.3 is 9.73 Å². The number of aromatic nitrogens is 2. The molecule has 2 aromatic carbocycles. The molecule has 0 fully saturated rings. The molecule has 7 heteroatoms. The van der Waals surface area contributed by atoms with Crippen molar-refractivity contribution in [3.8, 4) is 11.5 Å². The Balaban J connectivity index is 1.56. The van der Waals surface area contributed by atoms with Crippen LogP contribution in [0.25, 0.3) is 11.5 Å². The van der Waals surface area contributed by atoms with Crippen molar-refractivity contribution in [2.24, 2.45) is 0 Å². The van der Waals surface area contributed by atoms with Gasteiger partial charge in [-0.15, -0.1) is 10.2 Å². The molecular formula is C19H18BrN3O2S. The molecular weight excluding hydrogens is 414 g/mol. The van der Waals surface area contributed by atoms with E-state index in [9.17, 15) is 4.79 Å². The predicted octanol–water partition coefficient (Wildman–Crippen LogP) is 5.35. The van der Waals surface area contributed by atoms with Gasteiger partial charge in [0.25, 0.3) is 5.22 Å². The van der Waals surface area contributed by atoms with Gasteiger partial charge >= 0.3 is 0 Å². The summed E-state index contributed by atoms with van der Waals surface area (Å²) in [5.41, 5.74) is 2.82. The topological polar surface area (TPSA) is 68.0 Å². The second kappa shape index (κ2) is 8.51. The first-order chi connectivity index (χ1) is 12.5. The van der Waals surface area contributed by atoms with Gasteiger partial charge in [-0.05, 0) is 47.9 Å². The number of hydrogen-bond acceptors (Lipinski definition) is 5. The summed E-state index contributed by atoms with van der Waals surface area (Å²) >= 11 is 4.60. The number of carbonyl (C=O) groups excluding carboxylic acids is 1. The fraction of sp³-hybridized carbons (Fsp3) is 0.211. The monoisotopic (exact) mass is 431 g/mol. The van der Waals surface area contributed by atoms with Crippen LogP contribution in [0.1, 0.15) is 25.3 Å². The molecule has 0 aliphatic heterocycles. The third-order valence-electron chi connectivity index (χ3n) is 3.66. The van der Waals surface area contributed by atoms with Crippen LogP contribution in [0.2, 0.25) is 0 Å². The Morgan fingerprint density at radius 3 is 2.69 bits per heavy atom. The lowest BCUT2D eigenvalue weighted by atomic mass is 10.0. The van der Waals surface area contributed by atoms with Gasteiger partial charge in [0.15, 0.2) is 0 Å². The van der Waals surface area contributed by atoms with Crippen molar-refractivity contribution in [1.82, 2.24) is 10.2 Å². The maximum atomic E-state index is 12.2. The SMILES string of the molecule is CC(C)c1cccc(NC(=O)CSc2nnc(-c3ccc(Br)cc3)o2)c1. The molecule has 0 saturated carbocycles. The number of benzene rings is 2. The smallest absolute Gasteiger partial charge is 0.277 e. The highest BCUT2D eigenvalue weighted by atomic mass is 79.9. The van der Waals surface area contributed by atoms with Gasteiger partial charge in [-0.25, -0.2) is 0 Å². The summed E-state index contributed by atoms with van der Waals surface area (Å²) < 4.78 is 6.59. The summed E-state index contributed by atoms with van der Waals surface area (Å²) in [7, 11) is 0. The molecule has 26 heavy (non-hydrogen) atoms. The molecule has 3 rings (SSSR count). The summed E-state index contributed by atoms with van der Waals surface area (Å²) in [5.74, 6) is 0.939. The number of carbonyl (C=O) groups is 1. The number of nitrogens with zero attached hydrogens (tertiary/aromatic N) is 2. The zero-order valence-electron chi connectivity index (χ0n) is 14.4. The van der Waals surface area contributed by atoms with Crippen LogP contribution in [0, 0.1) is 0 Å². The normalized spacial score (nSPS) is 10.9. The Morgan fingerprint density at radius 1 is 1.19 bits per heavy atom. The molecule has 5 nitrogen and oxygen atoms in total. The fourth-order valence-electron chi connectivity index (χ4n) is 2.28. The highest BCUT2D eigenvalue weighted by molar-refractivity contribution is 9.10. The summed E-state index contributed by atoms with van der Waals surface area (Å²) in [5, 5.41) is 11.3. The molecule has 0 spiro atoms. The minimum atomic E-state index is -0.112. The van der Waals surface area contributed by atoms with Crippen LogP contribution in [-0.2, 0) is 4.79 Å². The Bertz CT molecular complexity index is 894. The van der Waals surface area contributed by atoms with Crippen molar-refractivity contribution in [3.63, 3.8) is 0 Å². The molecule has 0 radical (unpaired) electrons. The van der Waals surface area contributed by atoms with E-state index in [2.05, 4.69) is 51.4 Å². The van der Waals surface area contributed by atoms with Crippen molar-refractivity contribution < 1.29 is 9.21 Å². The van der Waals surface area contributed by atoms with E-state index in [0.29, 0.717) is 17.0 Å². The molecule has 0 saturated heterocycles. The summed E-state index contributed by atoms with van der Waals surface area (Å²) in [6, 6.07) is 15.5. The predicted molar refractivity (Wildman–Crippen MR) is 107 cm³/mol. The van der Waals surface area contributed by atoms with E-state index in [1.807, 2.05) is 42.5 Å². The lowest BCUT2D eigenvalue weighted by Crippen LogP contribution is -2.14. The first-order valence-corrected chi connectivity index (χ1v) is 9.91. The molecule has 0 aliphatic carbocycles.